The first-order valence-corrected chi connectivity index (χ1v) is 11.5. The van der Waals surface area contributed by atoms with Crippen LogP contribution in [0, 0.1) is 0 Å². The second-order valence-electron chi connectivity index (χ2n) is 7.54. The van der Waals surface area contributed by atoms with Crippen LogP contribution < -0.4 is 14.5 Å². The SMILES string of the molecule is CN(CC[C@H]1CN(c2ccccc2)[PH+]([O-])N1Cc1ccccc1)c1ccccc1. The predicted octanol–water partition coefficient (Wildman–Crippen LogP) is 4.22. The summed E-state index contributed by atoms with van der Waals surface area (Å²) in [5.41, 5.74) is 3.48. The lowest BCUT2D eigenvalue weighted by molar-refractivity contribution is -0.170. The maximum atomic E-state index is 13.5. The van der Waals surface area contributed by atoms with Crippen LogP contribution in [0.4, 0.5) is 11.4 Å². The molecule has 0 N–H and O–H groups in total. The highest BCUT2D eigenvalue weighted by molar-refractivity contribution is 7.49. The van der Waals surface area contributed by atoms with Gasteiger partial charge in [-0.05, 0) is 36.2 Å². The van der Waals surface area contributed by atoms with Gasteiger partial charge in [-0.15, -0.1) is 0 Å². The fourth-order valence-electron chi connectivity index (χ4n) is 3.90. The van der Waals surface area contributed by atoms with E-state index < -0.39 is 8.45 Å². The van der Waals surface area contributed by atoms with Crippen molar-refractivity contribution < 1.29 is 4.89 Å². The molecule has 150 valence electrons. The van der Waals surface area contributed by atoms with Crippen LogP contribution in [0.15, 0.2) is 91.0 Å². The molecule has 0 aromatic heterocycles. The van der Waals surface area contributed by atoms with Crippen molar-refractivity contribution in [2.24, 2.45) is 0 Å². The van der Waals surface area contributed by atoms with Gasteiger partial charge in [-0.25, -0.2) is 4.67 Å². The Bertz CT molecular complexity index is 878. The lowest BCUT2D eigenvalue weighted by Gasteiger charge is -2.28. The van der Waals surface area contributed by atoms with Crippen LogP contribution in [-0.2, 0) is 6.54 Å². The first-order valence-electron chi connectivity index (χ1n) is 10.2. The summed E-state index contributed by atoms with van der Waals surface area (Å²) in [6.45, 7) is 2.46. The van der Waals surface area contributed by atoms with Gasteiger partial charge in [-0.2, -0.15) is 4.67 Å². The molecule has 1 heterocycles. The van der Waals surface area contributed by atoms with Crippen LogP contribution in [0.5, 0.6) is 0 Å². The highest BCUT2D eigenvalue weighted by Crippen LogP contribution is 2.48. The highest BCUT2D eigenvalue weighted by atomic mass is 31.2. The van der Waals surface area contributed by atoms with Gasteiger partial charge in [0.1, 0.15) is 8.45 Å². The molecule has 0 aliphatic carbocycles. The van der Waals surface area contributed by atoms with Crippen molar-refractivity contribution in [2.75, 3.05) is 29.7 Å². The quantitative estimate of drug-likeness (QED) is 0.551. The number of benzene rings is 3. The van der Waals surface area contributed by atoms with Gasteiger partial charge in [0.25, 0.3) is 0 Å². The molecule has 3 aromatic carbocycles. The minimum atomic E-state index is -2.05. The van der Waals surface area contributed by atoms with Crippen LogP contribution >= 0.6 is 8.45 Å². The fraction of sp³-hybridized carbons (Fsp3) is 0.250. The summed E-state index contributed by atoms with van der Waals surface area (Å²) < 4.78 is 4.31. The molecule has 4 rings (SSSR count). The van der Waals surface area contributed by atoms with E-state index in [-0.39, 0.29) is 6.04 Å². The molecule has 1 aliphatic rings. The van der Waals surface area contributed by atoms with E-state index in [1.54, 1.807) is 0 Å². The van der Waals surface area contributed by atoms with Crippen LogP contribution in [0.25, 0.3) is 0 Å². The molecule has 2 atom stereocenters. The van der Waals surface area contributed by atoms with E-state index in [0.717, 1.165) is 31.7 Å². The van der Waals surface area contributed by atoms with Crippen LogP contribution in [0.1, 0.15) is 12.0 Å². The van der Waals surface area contributed by atoms with Crippen LogP contribution in [0.2, 0.25) is 0 Å². The van der Waals surface area contributed by atoms with E-state index >= 15 is 0 Å². The lowest BCUT2D eigenvalue weighted by atomic mass is 10.1. The summed E-state index contributed by atoms with van der Waals surface area (Å²) in [5.74, 6) is 0. The Morgan fingerprint density at radius 1 is 0.897 bits per heavy atom. The summed E-state index contributed by atoms with van der Waals surface area (Å²) in [6, 6.07) is 31.2. The van der Waals surface area contributed by atoms with Crippen molar-refractivity contribution in [2.45, 2.75) is 19.0 Å². The van der Waals surface area contributed by atoms with Gasteiger partial charge in [0.05, 0.1) is 24.8 Å². The molecule has 0 saturated carbocycles. The summed E-state index contributed by atoms with van der Waals surface area (Å²) in [7, 11) is 0.0837. The number of hydrogen-bond donors (Lipinski definition) is 0. The Morgan fingerprint density at radius 3 is 2.14 bits per heavy atom. The smallest absolute Gasteiger partial charge is 0.117 e. The van der Waals surface area contributed by atoms with Crippen molar-refractivity contribution in [3.8, 4) is 0 Å². The summed E-state index contributed by atoms with van der Waals surface area (Å²) in [4.78, 5) is 15.7. The number of para-hydroxylation sites is 2. The Balaban J connectivity index is 1.50. The van der Waals surface area contributed by atoms with E-state index in [9.17, 15) is 4.89 Å². The molecule has 0 amide bonds. The number of anilines is 2. The third-order valence-corrected chi connectivity index (χ3v) is 7.49. The Labute approximate surface area is 175 Å². The second-order valence-corrected chi connectivity index (χ2v) is 9.22. The van der Waals surface area contributed by atoms with Gasteiger partial charge in [0, 0.05) is 19.3 Å². The molecule has 0 spiro atoms. The predicted molar refractivity (Wildman–Crippen MR) is 122 cm³/mol. The summed E-state index contributed by atoms with van der Waals surface area (Å²) >= 11 is 0. The monoisotopic (exact) mass is 405 g/mol. The normalized spacial score (nSPS) is 19.4. The van der Waals surface area contributed by atoms with E-state index in [1.807, 2.05) is 30.3 Å². The molecule has 0 radical (unpaired) electrons. The van der Waals surface area contributed by atoms with E-state index in [4.69, 9.17) is 0 Å². The Morgan fingerprint density at radius 2 is 1.48 bits per heavy atom. The lowest BCUT2D eigenvalue weighted by Crippen LogP contribution is -2.33. The highest BCUT2D eigenvalue weighted by Gasteiger charge is 2.40. The van der Waals surface area contributed by atoms with Gasteiger partial charge in [0.2, 0.25) is 0 Å². The van der Waals surface area contributed by atoms with E-state index in [0.29, 0.717) is 0 Å². The third kappa shape index (κ3) is 4.79. The molecule has 1 unspecified atom stereocenters. The average molecular weight is 405 g/mol. The van der Waals surface area contributed by atoms with Gasteiger partial charge in [0.15, 0.2) is 0 Å². The second kappa shape index (κ2) is 9.41. The van der Waals surface area contributed by atoms with E-state index in [2.05, 4.69) is 82.0 Å². The largest absolute Gasteiger partial charge is 0.648 e. The molecule has 5 heteroatoms. The minimum Gasteiger partial charge on any atom is -0.648 e. The molecule has 3 aromatic rings. The molecular weight excluding hydrogens is 377 g/mol. The zero-order valence-electron chi connectivity index (χ0n) is 16.8. The van der Waals surface area contributed by atoms with Crippen LogP contribution in [-0.4, -0.2) is 30.8 Å². The number of rotatable bonds is 7. The zero-order chi connectivity index (χ0) is 20.1. The molecule has 4 nitrogen and oxygen atoms in total. The van der Waals surface area contributed by atoms with Crippen LogP contribution in [0.3, 0.4) is 0 Å². The van der Waals surface area contributed by atoms with Crippen molar-refractivity contribution in [3.05, 3.63) is 96.6 Å². The fourth-order valence-corrected chi connectivity index (χ4v) is 5.79. The summed E-state index contributed by atoms with van der Waals surface area (Å²) in [6.07, 6.45) is 0.970. The van der Waals surface area contributed by atoms with Gasteiger partial charge in [-0.1, -0.05) is 66.7 Å². The van der Waals surface area contributed by atoms with Gasteiger partial charge < -0.3 is 9.79 Å². The Hall–Kier alpha value is -2.39. The first-order chi connectivity index (χ1) is 14.2. The standard InChI is InChI=1S/C24H28N3OP/c1-25(22-13-7-3-8-14-22)18-17-24-20-27(23-15-9-4-10-16-23)29(28)26(24)19-21-11-5-2-6-12-21/h2-16,24,29H,17-20H2,1H3/t24-/m0/s1. The molecule has 0 bridgehead atoms. The van der Waals surface area contributed by atoms with Crippen molar-refractivity contribution in [1.29, 1.82) is 0 Å². The molecular formula is C24H28N3OP. The Kier molecular flexibility index (Phi) is 6.46. The molecule has 1 fully saturated rings. The zero-order valence-corrected chi connectivity index (χ0v) is 17.8. The third-order valence-electron chi connectivity index (χ3n) is 5.57. The average Bonchev–Trinajstić information content (AvgIpc) is 3.09. The van der Waals surface area contributed by atoms with Crippen molar-refractivity contribution in [3.63, 3.8) is 0 Å². The van der Waals surface area contributed by atoms with Gasteiger partial charge in [-0.3, -0.25) is 0 Å². The van der Waals surface area contributed by atoms with Gasteiger partial charge >= 0.3 is 0 Å². The minimum absolute atomic E-state index is 0.257. The molecule has 1 saturated heterocycles. The number of hydrogen-bond acceptors (Lipinski definition) is 4. The maximum absolute atomic E-state index is 13.5. The number of nitrogens with zero attached hydrogens (tertiary/aromatic N) is 3. The summed E-state index contributed by atoms with van der Waals surface area (Å²) in [5, 5.41) is 0. The maximum Gasteiger partial charge on any atom is 0.117 e. The van der Waals surface area contributed by atoms with Crippen molar-refractivity contribution in [1.82, 2.24) is 4.67 Å². The van der Waals surface area contributed by atoms with E-state index in [1.165, 1.54) is 11.3 Å². The molecule has 29 heavy (non-hydrogen) atoms. The van der Waals surface area contributed by atoms with Crippen molar-refractivity contribution >= 4 is 19.8 Å². The first kappa shape index (κ1) is 19.9. The topological polar surface area (TPSA) is 32.8 Å². The molecule has 1 aliphatic heterocycles.